The van der Waals surface area contributed by atoms with Crippen molar-refractivity contribution >= 4 is 0 Å². The summed E-state index contributed by atoms with van der Waals surface area (Å²) in [6.45, 7) is 2.57. The third-order valence-electron chi connectivity index (χ3n) is 3.18. The Morgan fingerprint density at radius 3 is 2.70 bits per heavy atom. The van der Waals surface area contributed by atoms with E-state index >= 15 is 0 Å². The third kappa shape index (κ3) is 3.71. The molecule has 0 radical (unpaired) electrons. The highest BCUT2D eigenvalue weighted by atomic mass is 16.5. The third-order valence-corrected chi connectivity index (χ3v) is 3.18. The van der Waals surface area contributed by atoms with Gasteiger partial charge in [0, 0.05) is 6.04 Å². The van der Waals surface area contributed by atoms with Crippen molar-refractivity contribution in [3.63, 3.8) is 0 Å². The lowest BCUT2D eigenvalue weighted by Gasteiger charge is -2.11. The van der Waals surface area contributed by atoms with Crippen LogP contribution < -0.4 is 14.8 Å². The van der Waals surface area contributed by atoms with Crippen molar-refractivity contribution in [1.82, 2.24) is 10.3 Å². The molecule has 0 fully saturated rings. The van der Waals surface area contributed by atoms with Gasteiger partial charge in [-0.25, -0.2) is 0 Å². The summed E-state index contributed by atoms with van der Waals surface area (Å²) in [5, 5.41) is 3.15. The van der Waals surface area contributed by atoms with E-state index in [0.717, 1.165) is 22.8 Å². The first-order valence-electron chi connectivity index (χ1n) is 6.62. The second kappa shape index (κ2) is 6.91. The van der Waals surface area contributed by atoms with Gasteiger partial charge in [-0.15, -0.1) is 0 Å². The molecule has 1 unspecified atom stereocenters. The van der Waals surface area contributed by atoms with Gasteiger partial charge in [0.15, 0.2) is 0 Å². The van der Waals surface area contributed by atoms with E-state index in [2.05, 4.69) is 17.2 Å². The maximum Gasteiger partial charge on any atom is 0.138 e. The lowest BCUT2D eigenvalue weighted by atomic mass is 10.2. The predicted molar refractivity (Wildman–Crippen MR) is 79.0 cm³/mol. The van der Waals surface area contributed by atoms with Crippen molar-refractivity contribution in [3.05, 3.63) is 53.9 Å². The molecule has 1 N–H and O–H groups in total. The Morgan fingerprint density at radius 1 is 1.20 bits per heavy atom. The number of hydrogen-bond acceptors (Lipinski definition) is 4. The Balaban J connectivity index is 1.96. The van der Waals surface area contributed by atoms with E-state index < -0.39 is 0 Å². The number of aromatic nitrogens is 1. The minimum Gasteiger partial charge on any atom is -0.497 e. The van der Waals surface area contributed by atoms with Gasteiger partial charge in [-0.1, -0.05) is 12.1 Å². The van der Waals surface area contributed by atoms with Crippen molar-refractivity contribution in [3.8, 4) is 11.5 Å². The normalized spacial score (nSPS) is 11.9. The van der Waals surface area contributed by atoms with Crippen LogP contribution in [0.1, 0.15) is 24.2 Å². The molecule has 0 saturated carbocycles. The van der Waals surface area contributed by atoms with Crippen molar-refractivity contribution in [2.75, 3.05) is 14.2 Å². The lowest BCUT2D eigenvalue weighted by molar-refractivity contribution is 0.303. The van der Waals surface area contributed by atoms with E-state index in [1.165, 1.54) is 0 Å². The Hall–Kier alpha value is -2.07. The highest BCUT2D eigenvalue weighted by Crippen LogP contribution is 2.17. The smallest absolute Gasteiger partial charge is 0.138 e. The average molecular weight is 272 g/mol. The molecule has 1 heterocycles. The molecule has 1 atom stereocenters. The zero-order valence-corrected chi connectivity index (χ0v) is 12.1. The molecule has 4 heteroatoms. The van der Waals surface area contributed by atoms with Crippen LogP contribution >= 0.6 is 0 Å². The standard InChI is InChI=1S/C16H20N2O2/c1-12(17-2)16-8-7-15(10-18-16)20-11-13-5-4-6-14(9-13)19-3/h4-10,12,17H,11H2,1-3H3. The summed E-state index contributed by atoms with van der Waals surface area (Å²) in [5.41, 5.74) is 2.07. The first-order chi connectivity index (χ1) is 9.72. The van der Waals surface area contributed by atoms with E-state index in [-0.39, 0.29) is 6.04 Å². The summed E-state index contributed by atoms with van der Waals surface area (Å²) in [6, 6.07) is 12.0. The van der Waals surface area contributed by atoms with Gasteiger partial charge in [-0.3, -0.25) is 4.98 Å². The lowest BCUT2D eigenvalue weighted by Crippen LogP contribution is -2.13. The molecule has 0 bridgehead atoms. The number of nitrogens with zero attached hydrogens (tertiary/aromatic N) is 1. The van der Waals surface area contributed by atoms with Crippen LogP contribution in [0.15, 0.2) is 42.6 Å². The van der Waals surface area contributed by atoms with Crippen LogP contribution in [0, 0.1) is 0 Å². The van der Waals surface area contributed by atoms with Gasteiger partial charge in [-0.05, 0) is 43.8 Å². The number of nitrogens with one attached hydrogen (secondary N) is 1. The molecule has 1 aromatic carbocycles. The monoisotopic (exact) mass is 272 g/mol. The number of ether oxygens (including phenoxy) is 2. The quantitative estimate of drug-likeness (QED) is 0.878. The van der Waals surface area contributed by atoms with Crippen LogP contribution in [-0.4, -0.2) is 19.1 Å². The molecule has 0 aliphatic carbocycles. The van der Waals surface area contributed by atoms with Crippen molar-refractivity contribution in [2.24, 2.45) is 0 Å². The number of rotatable bonds is 6. The van der Waals surface area contributed by atoms with Crippen molar-refractivity contribution in [1.29, 1.82) is 0 Å². The average Bonchev–Trinajstić information content (AvgIpc) is 2.53. The molecule has 0 saturated heterocycles. The van der Waals surface area contributed by atoms with E-state index in [9.17, 15) is 0 Å². The van der Waals surface area contributed by atoms with Crippen LogP contribution in [0.25, 0.3) is 0 Å². The topological polar surface area (TPSA) is 43.4 Å². The molecule has 0 aliphatic rings. The molecule has 0 spiro atoms. The summed E-state index contributed by atoms with van der Waals surface area (Å²) in [7, 11) is 3.57. The first kappa shape index (κ1) is 14.3. The van der Waals surface area contributed by atoms with Gasteiger partial charge in [-0.2, -0.15) is 0 Å². The largest absolute Gasteiger partial charge is 0.497 e. The summed E-state index contributed by atoms with van der Waals surface area (Å²) < 4.78 is 10.9. The Kier molecular flexibility index (Phi) is 4.96. The zero-order chi connectivity index (χ0) is 14.4. The van der Waals surface area contributed by atoms with Gasteiger partial charge in [0.25, 0.3) is 0 Å². The molecule has 0 amide bonds. The van der Waals surface area contributed by atoms with Gasteiger partial charge in [0.1, 0.15) is 18.1 Å². The van der Waals surface area contributed by atoms with Crippen molar-refractivity contribution in [2.45, 2.75) is 19.6 Å². The number of pyridine rings is 1. The number of methoxy groups -OCH3 is 1. The maximum atomic E-state index is 5.72. The number of benzene rings is 1. The SMILES string of the molecule is CNC(C)c1ccc(OCc2cccc(OC)c2)cn1. The summed E-state index contributed by atoms with van der Waals surface area (Å²) >= 11 is 0. The molecule has 2 rings (SSSR count). The Morgan fingerprint density at radius 2 is 2.05 bits per heavy atom. The molecular weight excluding hydrogens is 252 g/mol. The van der Waals surface area contributed by atoms with Crippen LogP contribution in [-0.2, 0) is 6.61 Å². The van der Waals surface area contributed by atoms with Gasteiger partial charge in [0.05, 0.1) is 19.0 Å². The van der Waals surface area contributed by atoms with E-state index in [1.807, 2.05) is 43.4 Å². The molecule has 0 aliphatic heterocycles. The van der Waals surface area contributed by atoms with Crippen LogP contribution in [0.3, 0.4) is 0 Å². The Labute approximate surface area is 119 Å². The van der Waals surface area contributed by atoms with Crippen LogP contribution in [0.2, 0.25) is 0 Å². The summed E-state index contributed by atoms with van der Waals surface area (Å²) in [4.78, 5) is 4.38. The predicted octanol–water partition coefficient (Wildman–Crippen LogP) is 2.95. The molecule has 4 nitrogen and oxygen atoms in total. The molecular formula is C16H20N2O2. The van der Waals surface area contributed by atoms with E-state index in [4.69, 9.17) is 9.47 Å². The fourth-order valence-electron chi connectivity index (χ4n) is 1.81. The van der Waals surface area contributed by atoms with E-state index in [1.54, 1.807) is 13.3 Å². The highest BCUT2D eigenvalue weighted by molar-refractivity contribution is 5.29. The van der Waals surface area contributed by atoms with Crippen LogP contribution in [0.4, 0.5) is 0 Å². The highest BCUT2D eigenvalue weighted by Gasteiger charge is 2.04. The van der Waals surface area contributed by atoms with Crippen molar-refractivity contribution < 1.29 is 9.47 Å². The van der Waals surface area contributed by atoms with E-state index in [0.29, 0.717) is 6.61 Å². The maximum absolute atomic E-state index is 5.72. The summed E-state index contributed by atoms with van der Waals surface area (Å²) in [5.74, 6) is 1.60. The zero-order valence-electron chi connectivity index (χ0n) is 12.1. The second-order valence-electron chi connectivity index (χ2n) is 4.57. The molecule has 20 heavy (non-hydrogen) atoms. The molecule has 1 aromatic heterocycles. The minimum absolute atomic E-state index is 0.238. The summed E-state index contributed by atoms with van der Waals surface area (Å²) in [6.07, 6.45) is 1.75. The minimum atomic E-state index is 0.238. The fraction of sp³-hybridized carbons (Fsp3) is 0.312. The van der Waals surface area contributed by atoms with Crippen LogP contribution in [0.5, 0.6) is 11.5 Å². The van der Waals surface area contributed by atoms with Gasteiger partial charge in [0.2, 0.25) is 0 Å². The first-order valence-corrected chi connectivity index (χ1v) is 6.62. The van der Waals surface area contributed by atoms with Gasteiger partial charge < -0.3 is 14.8 Å². The Bertz CT molecular complexity index is 540. The second-order valence-corrected chi connectivity index (χ2v) is 4.57. The fourth-order valence-corrected chi connectivity index (χ4v) is 1.81. The molecule has 106 valence electrons. The van der Waals surface area contributed by atoms with Gasteiger partial charge >= 0.3 is 0 Å². The molecule has 2 aromatic rings. The number of hydrogen-bond donors (Lipinski definition) is 1.